The number of benzene rings is 2. The molecule has 5 nitrogen and oxygen atoms in total. The summed E-state index contributed by atoms with van der Waals surface area (Å²) < 4.78 is 12.0. The van der Waals surface area contributed by atoms with E-state index in [0.717, 1.165) is 10.5 Å². The number of carbonyl (C=O) groups is 1. The number of aliphatic hydroxyl groups is 1. The number of ether oxygens (including phenoxy) is 2. The van der Waals surface area contributed by atoms with Crippen molar-refractivity contribution < 1.29 is 24.5 Å². The maximum Gasteiger partial charge on any atom is 0.371 e. The first-order valence-corrected chi connectivity index (χ1v) is 7.21. The second-order valence-electron chi connectivity index (χ2n) is 4.61. The van der Waals surface area contributed by atoms with Crippen molar-refractivity contribution in [3.05, 3.63) is 64.3 Å². The standard InChI is InChI=1S/C16H11BrO5/c17-9-4-6-10(7-5-9)21-12-2-1-3-13-15(12)11(18)8-14(22-13)16(19)20/h1-8,11,18H,(H,19,20). The normalized spacial score (nSPS) is 16.3. The molecule has 2 aromatic carbocycles. The fourth-order valence-electron chi connectivity index (χ4n) is 2.12. The Balaban J connectivity index is 1.96. The number of carboxylic acids is 1. The number of aliphatic carboxylic acids is 1. The zero-order valence-corrected chi connectivity index (χ0v) is 12.8. The molecule has 1 unspecified atom stereocenters. The van der Waals surface area contributed by atoms with Gasteiger partial charge in [0.25, 0.3) is 0 Å². The average Bonchev–Trinajstić information content (AvgIpc) is 2.49. The molecule has 6 heteroatoms. The van der Waals surface area contributed by atoms with Crippen molar-refractivity contribution in [3.8, 4) is 17.2 Å². The van der Waals surface area contributed by atoms with Crippen LogP contribution in [0.3, 0.4) is 0 Å². The van der Waals surface area contributed by atoms with Crippen LogP contribution in [0.25, 0.3) is 0 Å². The number of fused-ring (bicyclic) bond motifs is 1. The number of aliphatic hydroxyl groups excluding tert-OH is 1. The topological polar surface area (TPSA) is 76.0 Å². The molecule has 0 saturated heterocycles. The molecule has 1 aliphatic heterocycles. The van der Waals surface area contributed by atoms with E-state index in [9.17, 15) is 9.90 Å². The second-order valence-corrected chi connectivity index (χ2v) is 5.52. The highest BCUT2D eigenvalue weighted by molar-refractivity contribution is 9.10. The van der Waals surface area contributed by atoms with Crippen LogP contribution in [0.15, 0.2) is 58.8 Å². The highest BCUT2D eigenvalue weighted by Gasteiger charge is 2.27. The first-order chi connectivity index (χ1) is 10.5. The Morgan fingerprint density at radius 1 is 1.18 bits per heavy atom. The van der Waals surface area contributed by atoms with Gasteiger partial charge < -0.3 is 19.7 Å². The van der Waals surface area contributed by atoms with E-state index in [1.807, 2.05) is 12.1 Å². The molecule has 0 spiro atoms. The van der Waals surface area contributed by atoms with Crippen LogP contribution >= 0.6 is 15.9 Å². The smallest absolute Gasteiger partial charge is 0.371 e. The quantitative estimate of drug-likeness (QED) is 0.871. The molecule has 0 amide bonds. The van der Waals surface area contributed by atoms with Crippen LogP contribution in [0.1, 0.15) is 11.7 Å². The summed E-state index contributed by atoms with van der Waals surface area (Å²) in [4.78, 5) is 11.0. The second kappa shape index (κ2) is 5.82. The molecular weight excluding hydrogens is 352 g/mol. The Labute approximate surface area is 134 Å². The zero-order chi connectivity index (χ0) is 15.7. The molecule has 112 valence electrons. The highest BCUT2D eigenvalue weighted by atomic mass is 79.9. The van der Waals surface area contributed by atoms with E-state index >= 15 is 0 Å². The Hall–Kier alpha value is -2.31. The minimum Gasteiger partial charge on any atom is -0.475 e. The number of carboxylic acid groups (broad SMARTS) is 1. The summed E-state index contributed by atoms with van der Waals surface area (Å²) in [6.45, 7) is 0. The SMILES string of the molecule is O=C(O)C1=CC(O)c2c(cccc2Oc2ccc(Br)cc2)O1. The van der Waals surface area contributed by atoms with Crippen molar-refractivity contribution in [2.24, 2.45) is 0 Å². The third-order valence-corrected chi connectivity index (χ3v) is 3.63. The van der Waals surface area contributed by atoms with Crippen LogP contribution in [-0.4, -0.2) is 16.2 Å². The number of halogens is 1. The molecule has 3 rings (SSSR count). The zero-order valence-electron chi connectivity index (χ0n) is 11.2. The number of hydrogen-bond acceptors (Lipinski definition) is 4. The van der Waals surface area contributed by atoms with Gasteiger partial charge in [0.1, 0.15) is 23.4 Å². The van der Waals surface area contributed by atoms with Crippen molar-refractivity contribution in [2.45, 2.75) is 6.10 Å². The highest BCUT2D eigenvalue weighted by Crippen LogP contribution is 2.41. The Bertz CT molecular complexity index is 752. The van der Waals surface area contributed by atoms with Gasteiger partial charge in [-0.05, 0) is 42.5 Å². The first-order valence-electron chi connectivity index (χ1n) is 6.42. The molecule has 0 aromatic heterocycles. The van der Waals surface area contributed by atoms with E-state index in [0.29, 0.717) is 17.1 Å². The molecule has 2 aromatic rings. The average molecular weight is 363 g/mol. The molecule has 1 heterocycles. The number of rotatable bonds is 3. The van der Waals surface area contributed by atoms with E-state index in [-0.39, 0.29) is 11.5 Å². The van der Waals surface area contributed by atoms with Gasteiger partial charge in [0.05, 0.1) is 5.56 Å². The molecule has 0 aliphatic carbocycles. The summed E-state index contributed by atoms with van der Waals surface area (Å²) in [6, 6.07) is 12.2. The third-order valence-electron chi connectivity index (χ3n) is 3.10. The summed E-state index contributed by atoms with van der Waals surface area (Å²) >= 11 is 3.34. The van der Waals surface area contributed by atoms with Crippen LogP contribution in [0.5, 0.6) is 17.2 Å². The van der Waals surface area contributed by atoms with E-state index in [4.69, 9.17) is 14.6 Å². The Morgan fingerprint density at radius 3 is 2.59 bits per heavy atom. The van der Waals surface area contributed by atoms with Crippen molar-refractivity contribution >= 4 is 21.9 Å². The van der Waals surface area contributed by atoms with Gasteiger partial charge in [0, 0.05) is 4.47 Å². The summed E-state index contributed by atoms with van der Waals surface area (Å²) in [6.07, 6.45) is 0.0283. The monoisotopic (exact) mass is 362 g/mol. The van der Waals surface area contributed by atoms with Crippen LogP contribution in [0.2, 0.25) is 0 Å². The minimum atomic E-state index is -1.23. The predicted octanol–water partition coefficient (Wildman–Crippen LogP) is 3.64. The van der Waals surface area contributed by atoms with E-state index in [1.165, 1.54) is 0 Å². The van der Waals surface area contributed by atoms with Gasteiger partial charge >= 0.3 is 5.97 Å². The maximum absolute atomic E-state index is 11.0. The Kier molecular flexibility index (Phi) is 3.87. The summed E-state index contributed by atoms with van der Waals surface area (Å²) in [5, 5.41) is 19.1. The predicted molar refractivity (Wildman–Crippen MR) is 82.0 cm³/mol. The first kappa shape index (κ1) is 14.6. The third kappa shape index (κ3) is 2.84. The van der Waals surface area contributed by atoms with Crippen LogP contribution in [-0.2, 0) is 4.79 Å². The van der Waals surface area contributed by atoms with E-state index in [1.54, 1.807) is 30.3 Å². The van der Waals surface area contributed by atoms with Crippen molar-refractivity contribution in [3.63, 3.8) is 0 Å². The van der Waals surface area contributed by atoms with Gasteiger partial charge in [-0.25, -0.2) is 4.79 Å². The van der Waals surface area contributed by atoms with Crippen LogP contribution < -0.4 is 9.47 Å². The summed E-state index contributed by atoms with van der Waals surface area (Å²) in [5.74, 6) is -0.267. The lowest BCUT2D eigenvalue weighted by Gasteiger charge is -2.22. The van der Waals surface area contributed by atoms with E-state index < -0.39 is 12.1 Å². The number of hydrogen-bond donors (Lipinski definition) is 2. The Morgan fingerprint density at radius 2 is 1.91 bits per heavy atom. The molecule has 0 bridgehead atoms. The lowest BCUT2D eigenvalue weighted by molar-refractivity contribution is -0.135. The minimum absolute atomic E-state index is 0.266. The lowest BCUT2D eigenvalue weighted by atomic mass is 10.0. The van der Waals surface area contributed by atoms with Crippen LogP contribution in [0, 0.1) is 0 Å². The maximum atomic E-state index is 11.0. The molecule has 2 N–H and O–H groups in total. The molecule has 0 saturated carbocycles. The van der Waals surface area contributed by atoms with Gasteiger partial charge in [-0.2, -0.15) is 0 Å². The largest absolute Gasteiger partial charge is 0.475 e. The molecule has 0 radical (unpaired) electrons. The molecule has 1 aliphatic rings. The fourth-order valence-corrected chi connectivity index (χ4v) is 2.38. The van der Waals surface area contributed by atoms with Crippen molar-refractivity contribution in [1.82, 2.24) is 0 Å². The van der Waals surface area contributed by atoms with Gasteiger partial charge in [0.15, 0.2) is 0 Å². The molecular formula is C16H11BrO5. The van der Waals surface area contributed by atoms with Crippen LogP contribution in [0.4, 0.5) is 0 Å². The van der Waals surface area contributed by atoms with Crippen molar-refractivity contribution in [2.75, 3.05) is 0 Å². The lowest BCUT2D eigenvalue weighted by Crippen LogP contribution is -2.16. The van der Waals surface area contributed by atoms with Gasteiger partial charge in [-0.3, -0.25) is 0 Å². The van der Waals surface area contributed by atoms with Gasteiger partial charge in [-0.1, -0.05) is 22.0 Å². The summed E-state index contributed by atoms with van der Waals surface area (Å²) in [7, 11) is 0. The molecule has 22 heavy (non-hydrogen) atoms. The molecule has 1 atom stereocenters. The fraction of sp³-hybridized carbons (Fsp3) is 0.0625. The van der Waals surface area contributed by atoms with E-state index in [2.05, 4.69) is 15.9 Å². The summed E-state index contributed by atoms with van der Waals surface area (Å²) in [5.41, 5.74) is 0.399. The molecule has 0 fully saturated rings. The van der Waals surface area contributed by atoms with Crippen molar-refractivity contribution in [1.29, 1.82) is 0 Å². The van der Waals surface area contributed by atoms with Gasteiger partial charge in [-0.15, -0.1) is 0 Å². The van der Waals surface area contributed by atoms with Gasteiger partial charge in [0.2, 0.25) is 5.76 Å².